The highest BCUT2D eigenvalue weighted by Gasteiger charge is 2.13. The van der Waals surface area contributed by atoms with E-state index in [4.69, 9.17) is 9.47 Å². The number of epoxide rings is 1. The molecule has 0 aromatic rings. The quantitative estimate of drug-likeness (QED) is 0.554. The third-order valence-corrected chi connectivity index (χ3v) is 1.48. The summed E-state index contributed by atoms with van der Waals surface area (Å²) >= 11 is 0. The number of methoxy groups -OCH3 is 1. The fourth-order valence-corrected chi connectivity index (χ4v) is 0.263. The van der Waals surface area contributed by atoms with Crippen LogP contribution in [0, 0.1) is 0 Å². The molecular formula is C8H18O2. The van der Waals surface area contributed by atoms with Crippen LogP contribution in [-0.2, 0) is 9.47 Å². The summed E-state index contributed by atoms with van der Waals surface area (Å²) in [4.78, 5) is 0. The molecule has 0 N–H and O–H groups in total. The lowest BCUT2D eigenvalue weighted by Gasteiger charge is -2.01. The minimum Gasteiger partial charge on any atom is -0.382 e. The van der Waals surface area contributed by atoms with Crippen LogP contribution in [0.3, 0.4) is 0 Å². The predicted octanol–water partition coefficient (Wildman–Crippen LogP) is 1.84. The van der Waals surface area contributed by atoms with Crippen LogP contribution in [-0.4, -0.2) is 25.9 Å². The van der Waals surface area contributed by atoms with Gasteiger partial charge < -0.3 is 9.47 Å². The van der Waals surface area contributed by atoms with Crippen LogP contribution in [0.4, 0.5) is 0 Å². The van der Waals surface area contributed by atoms with E-state index in [1.807, 2.05) is 0 Å². The summed E-state index contributed by atoms with van der Waals surface area (Å²) in [6.07, 6.45) is 2.13. The van der Waals surface area contributed by atoms with Gasteiger partial charge in [0.05, 0.1) is 18.8 Å². The van der Waals surface area contributed by atoms with Crippen LogP contribution in [0.2, 0.25) is 0 Å². The molecule has 0 bridgehead atoms. The van der Waals surface area contributed by atoms with Gasteiger partial charge in [-0.2, -0.15) is 0 Å². The van der Waals surface area contributed by atoms with Crippen molar-refractivity contribution in [2.24, 2.45) is 0 Å². The molecule has 0 aromatic heterocycles. The lowest BCUT2D eigenvalue weighted by molar-refractivity contribution is 0.115. The van der Waals surface area contributed by atoms with Gasteiger partial charge >= 0.3 is 0 Å². The molecule has 2 nitrogen and oxygen atoms in total. The predicted molar refractivity (Wildman–Crippen MR) is 42.2 cm³/mol. The highest BCUT2D eigenvalue weighted by Crippen LogP contribution is 2.04. The van der Waals surface area contributed by atoms with Crippen LogP contribution in [0.15, 0.2) is 0 Å². The normalized spacial score (nSPS) is 24.6. The first-order valence-electron chi connectivity index (χ1n) is 3.85. The molecule has 1 aliphatic heterocycles. The zero-order valence-electron chi connectivity index (χ0n) is 7.39. The Balaban J connectivity index is 0.000000172. The van der Waals surface area contributed by atoms with Crippen molar-refractivity contribution < 1.29 is 9.47 Å². The standard InChI is InChI=1S/C5H12O.C3H6O/c1-4-5(2)6-3;1-3-2-4-3/h5H,4H2,1-3H3;3H,2H2,1H3. The molecule has 10 heavy (non-hydrogen) atoms. The number of hydrogen-bond donors (Lipinski definition) is 0. The molecule has 2 heteroatoms. The van der Waals surface area contributed by atoms with Crippen molar-refractivity contribution in [3.05, 3.63) is 0 Å². The maximum Gasteiger partial charge on any atom is 0.0781 e. The largest absolute Gasteiger partial charge is 0.382 e. The Bertz CT molecular complexity index is 65.7. The van der Waals surface area contributed by atoms with Crippen LogP contribution < -0.4 is 0 Å². The van der Waals surface area contributed by atoms with Crippen LogP contribution in [0.5, 0.6) is 0 Å². The molecule has 0 aromatic carbocycles. The summed E-state index contributed by atoms with van der Waals surface area (Å²) in [5.74, 6) is 0. The summed E-state index contributed by atoms with van der Waals surface area (Å²) < 4.78 is 9.61. The SMILES string of the molecule is CC1CO1.CCC(C)OC. The van der Waals surface area contributed by atoms with Crippen molar-refractivity contribution in [1.29, 1.82) is 0 Å². The zero-order chi connectivity index (χ0) is 7.98. The third kappa shape index (κ3) is 7.92. The van der Waals surface area contributed by atoms with Gasteiger partial charge in [0.1, 0.15) is 0 Å². The molecule has 0 amide bonds. The van der Waals surface area contributed by atoms with Crippen LogP contribution in [0.1, 0.15) is 27.2 Å². The van der Waals surface area contributed by atoms with Crippen LogP contribution in [0.25, 0.3) is 0 Å². The molecular weight excluding hydrogens is 128 g/mol. The maximum absolute atomic E-state index is 4.90. The second-order valence-corrected chi connectivity index (χ2v) is 2.60. The molecule has 0 radical (unpaired) electrons. The van der Waals surface area contributed by atoms with Gasteiger partial charge in [0.15, 0.2) is 0 Å². The Hall–Kier alpha value is -0.0800. The molecule has 2 atom stereocenters. The lowest BCUT2D eigenvalue weighted by Crippen LogP contribution is -2.00. The topological polar surface area (TPSA) is 21.8 Å². The van der Waals surface area contributed by atoms with Gasteiger partial charge in [0.25, 0.3) is 0 Å². The van der Waals surface area contributed by atoms with E-state index in [1.54, 1.807) is 7.11 Å². The van der Waals surface area contributed by atoms with E-state index < -0.39 is 0 Å². The molecule has 62 valence electrons. The summed E-state index contributed by atoms with van der Waals surface area (Å²) in [7, 11) is 1.73. The highest BCUT2D eigenvalue weighted by molar-refractivity contribution is 4.58. The van der Waals surface area contributed by atoms with Gasteiger partial charge in [-0.25, -0.2) is 0 Å². The summed E-state index contributed by atoms with van der Waals surface area (Å²) in [6, 6.07) is 0. The summed E-state index contributed by atoms with van der Waals surface area (Å²) in [5.41, 5.74) is 0. The fraction of sp³-hybridized carbons (Fsp3) is 1.00. The fourth-order valence-electron chi connectivity index (χ4n) is 0.263. The van der Waals surface area contributed by atoms with Crippen LogP contribution >= 0.6 is 0 Å². The molecule has 1 rings (SSSR count). The van der Waals surface area contributed by atoms with Crippen molar-refractivity contribution in [2.75, 3.05) is 13.7 Å². The van der Waals surface area contributed by atoms with E-state index >= 15 is 0 Å². The molecule has 0 aliphatic carbocycles. The highest BCUT2D eigenvalue weighted by atomic mass is 16.6. The first-order chi connectivity index (χ1) is 4.70. The second kappa shape index (κ2) is 5.69. The molecule has 2 unspecified atom stereocenters. The van der Waals surface area contributed by atoms with Crippen molar-refractivity contribution in [3.63, 3.8) is 0 Å². The van der Waals surface area contributed by atoms with Gasteiger partial charge in [-0.3, -0.25) is 0 Å². The Kier molecular flexibility index (Phi) is 5.64. The van der Waals surface area contributed by atoms with E-state index in [0.717, 1.165) is 13.0 Å². The summed E-state index contributed by atoms with van der Waals surface area (Å²) in [6.45, 7) is 7.20. The van der Waals surface area contributed by atoms with Crippen molar-refractivity contribution in [2.45, 2.75) is 39.4 Å². The first kappa shape index (κ1) is 9.92. The Morgan fingerprint density at radius 1 is 1.70 bits per heavy atom. The average Bonchev–Trinajstić information content (AvgIpc) is 2.71. The van der Waals surface area contributed by atoms with Crippen molar-refractivity contribution >= 4 is 0 Å². The van der Waals surface area contributed by atoms with Gasteiger partial charge in [0, 0.05) is 7.11 Å². The van der Waals surface area contributed by atoms with Crippen molar-refractivity contribution in [1.82, 2.24) is 0 Å². The molecule has 1 aliphatic rings. The molecule has 0 saturated carbocycles. The molecule has 0 spiro atoms. The van der Waals surface area contributed by atoms with E-state index in [9.17, 15) is 0 Å². The first-order valence-corrected chi connectivity index (χ1v) is 3.85. The summed E-state index contributed by atoms with van der Waals surface area (Å²) in [5, 5.41) is 0. The Morgan fingerprint density at radius 3 is 2.10 bits per heavy atom. The molecule has 1 fully saturated rings. The monoisotopic (exact) mass is 146 g/mol. The van der Waals surface area contributed by atoms with Gasteiger partial charge in [-0.15, -0.1) is 0 Å². The van der Waals surface area contributed by atoms with Gasteiger partial charge in [-0.1, -0.05) is 6.92 Å². The minimum atomic E-state index is 0.435. The second-order valence-electron chi connectivity index (χ2n) is 2.60. The molecule has 1 saturated heterocycles. The van der Waals surface area contributed by atoms with E-state index in [-0.39, 0.29) is 0 Å². The molecule has 1 heterocycles. The van der Waals surface area contributed by atoms with E-state index in [0.29, 0.717) is 12.2 Å². The number of rotatable bonds is 2. The zero-order valence-corrected chi connectivity index (χ0v) is 7.39. The minimum absolute atomic E-state index is 0.435. The smallest absolute Gasteiger partial charge is 0.0781 e. The third-order valence-electron chi connectivity index (χ3n) is 1.48. The lowest BCUT2D eigenvalue weighted by atomic mass is 10.3. The van der Waals surface area contributed by atoms with Gasteiger partial charge in [-0.05, 0) is 20.3 Å². The van der Waals surface area contributed by atoms with E-state index in [1.165, 1.54) is 0 Å². The number of ether oxygens (including phenoxy) is 2. The Labute approximate surface area is 63.5 Å². The maximum atomic E-state index is 4.90. The number of hydrogen-bond acceptors (Lipinski definition) is 2. The average molecular weight is 146 g/mol. The van der Waals surface area contributed by atoms with E-state index in [2.05, 4.69) is 20.8 Å². The Morgan fingerprint density at radius 2 is 2.10 bits per heavy atom. The van der Waals surface area contributed by atoms with Crippen molar-refractivity contribution in [3.8, 4) is 0 Å². The van der Waals surface area contributed by atoms with Gasteiger partial charge in [0.2, 0.25) is 0 Å².